The van der Waals surface area contributed by atoms with Crippen molar-refractivity contribution in [1.82, 2.24) is 20.2 Å². The summed E-state index contributed by atoms with van der Waals surface area (Å²) in [6.07, 6.45) is 1.87. The average Bonchev–Trinajstić information content (AvgIpc) is 2.59. The van der Waals surface area contributed by atoms with Crippen LogP contribution in [0.2, 0.25) is 0 Å². The fourth-order valence-corrected chi connectivity index (χ4v) is 1.27. The van der Waals surface area contributed by atoms with Crippen LogP contribution in [0.3, 0.4) is 0 Å². The molecular weight excluding hydrogens is 192 g/mol. The number of ether oxygens (including phenoxy) is 1. The number of aromatic amines is 1. The Balaban J connectivity index is 2.26. The molecule has 5 nitrogen and oxygen atoms in total. The van der Waals surface area contributed by atoms with Gasteiger partial charge in [-0.25, -0.2) is 4.98 Å². The van der Waals surface area contributed by atoms with Gasteiger partial charge < -0.3 is 19.9 Å². The third-order valence-corrected chi connectivity index (χ3v) is 1.95. The predicted molar refractivity (Wildman–Crippen MR) is 59.6 cm³/mol. The van der Waals surface area contributed by atoms with E-state index in [2.05, 4.69) is 20.2 Å². The van der Waals surface area contributed by atoms with Crippen LogP contribution in [0.4, 0.5) is 0 Å². The smallest absolute Gasteiger partial charge is 0.120 e. The van der Waals surface area contributed by atoms with E-state index in [9.17, 15) is 0 Å². The highest BCUT2D eigenvalue weighted by molar-refractivity contribution is 5.00. The summed E-state index contributed by atoms with van der Waals surface area (Å²) in [7, 11) is 5.76. The third kappa shape index (κ3) is 4.92. The predicted octanol–water partition coefficient (Wildman–Crippen LogP) is 0.207. The van der Waals surface area contributed by atoms with E-state index in [1.807, 2.05) is 20.3 Å². The number of nitrogens with one attached hydrogen (secondary N) is 2. The molecule has 0 atom stereocenters. The summed E-state index contributed by atoms with van der Waals surface area (Å²) < 4.78 is 4.94. The van der Waals surface area contributed by atoms with Crippen molar-refractivity contribution in [1.29, 1.82) is 0 Å². The van der Waals surface area contributed by atoms with Crippen molar-refractivity contribution in [2.24, 2.45) is 0 Å². The van der Waals surface area contributed by atoms with Gasteiger partial charge in [0.2, 0.25) is 0 Å². The van der Waals surface area contributed by atoms with Crippen molar-refractivity contribution >= 4 is 0 Å². The van der Waals surface area contributed by atoms with Crippen LogP contribution in [0.25, 0.3) is 0 Å². The Bertz CT molecular complexity index is 272. The molecule has 0 saturated heterocycles. The zero-order chi connectivity index (χ0) is 11.1. The minimum Gasteiger partial charge on any atom is -0.383 e. The molecular formula is C10H20N4O. The Morgan fingerprint density at radius 3 is 3.00 bits per heavy atom. The van der Waals surface area contributed by atoms with Gasteiger partial charge in [0.25, 0.3) is 0 Å². The summed E-state index contributed by atoms with van der Waals surface area (Å²) in [6, 6.07) is 0. The summed E-state index contributed by atoms with van der Waals surface area (Å²) in [6.45, 7) is 3.25. The first-order valence-electron chi connectivity index (χ1n) is 5.09. The minimum atomic E-state index is 0.735. The van der Waals surface area contributed by atoms with Gasteiger partial charge in [-0.2, -0.15) is 0 Å². The number of nitrogens with zero attached hydrogens (tertiary/aromatic N) is 2. The van der Waals surface area contributed by atoms with Gasteiger partial charge in [0.1, 0.15) is 5.82 Å². The first kappa shape index (κ1) is 12.2. The molecule has 0 bridgehead atoms. The van der Waals surface area contributed by atoms with E-state index in [1.54, 1.807) is 7.11 Å². The van der Waals surface area contributed by atoms with Crippen molar-refractivity contribution in [3.63, 3.8) is 0 Å². The van der Waals surface area contributed by atoms with Gasteiger partial charge in [-0.1, -0.05) is 0 Å². The fourth-order valence-electron chi connectivity index (χ4n) is 1.27. The highest BCUT2D eigenvalue weighted by Crippen LogP contribution is 1.98. The number of hydrogen-bond acceptors (Lipinski definition) is 4. The van der Waals surface area contributed by atoms with Crippen LogP contribution in [0.5, 0.6) is 0 Å². The monoisotopic (exact) mass is 212 g/mol. The maximum absolute atomic E-state index is 4.94. The molecule has 0 saturated carbocycles. The summed E-state index contributed by atoms with van der Waals surface area (Å²) >= 11 is 0. The Morgan fingerprint density at radius 2 is 2.33 bits per heavy atom. The minimum absolute atomic E-state index is 0.735. The molecule has 0 spiro atoms. The first-order valence-corrected chi connectivity index (χ1v) is 5.09. The lowest BCUT2D eigenvalue weighted by Crippen LogP contribution is -2.18. The highest BCUT2D eigenvalue weighted by atomic mass is 16.5. The van der Waals surface area contributed by atoms with Crippen LogP contribution in [-0.2, 0) is 17.8 Å². The Hall–Kier alpha value is -0.910. The van der Waals surface area contributed by atoms with E-state index in [0.29, 0.717) is 0 Å². The van der Waals surface area contributed by atoms with E-state index in [-0.39, 0.29) is 0 Å². The largest absolute Gasteiger partial charge is 0.383 e. The Morgan fingerprint density at radius 1 is 1.53 bits per heavy atom. The molecule has 1 rings (SSSR count). The molecule has 2 N–H and O–H groups in total. The molecule has 0 unspecified atom stereocenters. The van der Waals surface area contributed by atoms with Crippen molar-refractivity contribution in [3.05, 3.63) is 17.7 Å². The molecule has 1 aromatic rings. The van der Waals surface area contributed by atoms with Gasteiger partial charge in [0.15, 0.2) is 0 Å². The van der Waals surface area contributed by atoms with Gasteiger partial charge in [0, 0.05) is 32.1 Å². The summed E-state index contributed by atoms with van der Waals surface area (Å²) in [5, 5.41) is 3.26. The van der Waals surface area contributed by atoms with Gasteiger partial charge in [-0.15, -0.1) is 0 Å². The summed E-state index contributed by atoms with van der Waals surface area (Å²) in [5.74, 6) is 1.00. The van der Waals surface area contributed by atoms with E-state index >= 15 is 0 Å². The van der Waals surface area contributed by atoms with E-state index in [1.165, 1.54) is 0 Å². The molecule has 1 heterocycles. The van der Waals surface area contributed by atoms with Crippen molar-refractivity contribution in [2.45, 2.75) is 13.1 Å². The SMILES string of the molecule is COCCNCc1cnc(CN(C)C)[nH]1. The molecule has 86 valence electrons. The van der Waals surface area contributed by atoms with Crippen molar-refractivity contribution < 1.29 is 4.74 Å². The molecule has 0 amide bonds. The van der Waals surface area contributed by atoms with Crippen molar-refractivity contribution in [2.75, 3.05) is 34.4 Å². The van der Waals surface area contributed by atoms with Gasteiger partial charge in [0.05, 0.1) is 13.2 Å². The average molecular weight is 212 g/mol. The maximum atomic E-state index is 4.94. The number of aromatic nitrogens is 2. The first-order chi connectivity index (χ1) is 7.22. The number of methoxy groups -OCH3 is 1. The number of hydrogen-bond donors (Lipinski definition) is 2. The van der Waals surface area contributed by atoms with E-state index < -0.39 is 0 Å². The lowest BCUT2D eigenvalue weighted by atomic mass is 10.4. The van der Waals surface area contributed by atoms with Crippen LogP contribution in [-0.4, -0.2) is 49.2 Å². The molecule has 0 aliphatic rings. The number of H-pyrrole nitrogens is 1. The van der Waals surface area contributed by atoms with E-state index in [0.717, 1.165) is 37.8 Å². The lowest BCUT2D eigenvalue weighted by molar-refractivity contribution is 0.199. The quantitative estimate of drug-likeness (QED) is 0.634. The second-order valence-electron chi connectivity index (χ2n) is 3.76. The second-order valence-corrected chi connectivity index (χ2v) is 3.76. The molecule has 0 radical (unpaired) electrons. The third-order valence-electron chi connectivity index (χ3n) is 1.95. The Kier molecular flexibility index (Phi) is 5.31. The molecule has 15 heavy (non-hydrogen) atoms. The summed E-state index contributed by atoms with van der Waals surface area (Å²) in [4.78, 5) is 9.64. The normalized spacial score (nSPS) is 11.2. The van der Waals surface area contributed by atoms with Gasteiger partial charge >= 0.3 is 0 Å². The molecule has 0 fully saturated rings. The standard InChI is InChI=1S/C10H20N4O/c1-14(2)8-10-12-7-9(13-10)6-11-4-5-15-3/h7,11H,4-6,8H2,1-3H3,(H,12,13). The van der Waals surface area contributed by atoms with E-state index in [4.69, 9.17) is 4.74 Å². The topological polar surface area (TPSA) is 53.2 Å². The maximum Gasteiger partial charge on any atom is 0.120 e. The molecule has 1 aromatic heterocycles. The van der Waals surface area contributed by atoms with Gasteiger partial charge in [-0.3, -0.25) is 0 Å². The van der Waals surface area contributed by atoms with Crippen LogP contribution in [0.15, 0.2) is 6.20 Å². The van der Waals surface area contributed by atoms with Crippen LogP contribution in [0.1, 0.15) is 11.5 Å². The second kappa shape index (κ2) is 6.55. The number of rotatable bonds is 7. The number of imidazole rings is 1. The highest BCUT2D eigenvalue weighted by Gasteiger charge is 2.00. The summed E-state index contributed by atoms with van der Waals surface area (Å²) in [5.41, 5.74) is 1.11. The van der Waals surface area contributed by atoms with Crippen LogP contribution < -0.4 is 5.32 Å². The van der Waals surface area contributed by atoms with Crippen molar-refractivity contribution in [3.8, 4) is 0 Å². The molecule has 0 aliphatic carbocycles. The Labute approximate surface area is 90.8 Å². The van der Waals surface area contributed by atoms with Crippen LogP contribution in [0, 0.1) is 0 Å². The zero-order valence-corrected chi connectivity index (χ0v) is 9.71. The van der Waals surface area contributed by atoms with Crippen LogP contribution >= 0.6 is 0 Å². The zero-order valence-electron chi connectivity index (χ0n) is 9.71. The molecule has 0 aliphatic heterocycles. The van der Waals surface area contributed by atoms with Gasteiger partial charge in [-0.05, 0) is 14.1 Å². The molecule has 0 aromatic carbocycles. The lowest BCUT2D eigenvalue weighted by Gasteiger charge is -2.05. The molecule has 5 heteroatoms. The fraction of sp³-hybridized carbons (Fsp3) is 0.700.